The predicted octanol–water partition coefficient (Wildman–Crippen LogP) is 1.88. The van der Waals surface area contributed by atoms with E-state index in [9.17, 15) is 4.79 Å². The predicted molar refractivity (Wildman–Crippen MR) is 64.3 cm³/mol. The zero-order chi connectivity index (χ0) is 12.0. The molecular formula is C11H17NO3S. The molecule has 1 aromatic rings. The van der Waals surface area contributed by atoms with Crippen LogP contribution in [0.15, 0.2) is 16.5 Å². The lowest BCUT2D eigenvalue weighted by Crippen LogP contribution is -2.13. The first-order chi connectivity index (χ1) is 7.67. The Balaban J connectivity index is 2.46. The monoisotopic (exact) mass is 243 g/mol. The molecule has 0 fully saturated rings. The third kappa shape index (κ3) is 3.90. The van der Waals surface area contributed by atoms with Gasteiger partial charge in [0, 0.05) is 6.54 Å². The van der Waals surface area contributed by atoms with Gasteiger partial charge >= 0.3 is 5.97 Å². The highest BCUT2D eigenvalue weighted by molar-refractivity contribution is 8.00. The molecule has 1 unspecified atom stereocenters. The number of esters is 1. The van der Waals surface area contributed by atoms with Gasteiger partial charge in [-0.3, -0.25) is 4.79 Å². The molecule has 0 aliphatic heterocycles. The van der Waals surface area contributed by atoms with Crippen molar-refractivity contribution in [1.29, 1.82) is 0 Å². The van der Waals surface area contributed by atoms with Crippen LogP contribution in [0.3, 0.4) is 0 Å². The molecule has 16 heavy (non-hydrogen) atoms. The van der Waals surface area contributed by atoms with Crippen LogP contribution >= 0.6 is 11.8 Å². The summed E-state index contributed by atoms with van der Waals surface area (Å²) in [5.41, 5.74) is 5.64. The van der Waals surface area contributed by atoms with Gasteiger partial charge in [-0.05, 0) is 26.0 Å². The molecule has 0 bridgehead atoms. The molecule has 90 valence electrons. The minimum absolute atomic E-state index is 0.0121. The minimum Gasteiger partial charge on any atom is -0.465 e. The lowest BCUT2D eigenvalue weighted by molar-refractivity contribution is -0.139. The molecule has 4 nitrogen and oxygen atoms in total. The smallest absolute Gasteiger partial charge is 0.315 e. The van der Waals surface area contributed by atoms with Crippen molar-refractivity contribution in [3.8, 4) is 0 Å². The molecule has 2 N–H and O–H groups in total. The Kier molecular flexibility index (Phi) is 5.42. The lowest BCUT2D eigenvalue weighted by Gasteiger charge is -2.10. The average Bonchev–Trinajstić information content (AvgIpc) is 2.66. The van der Waals surface area contributed by atoms with Crippen LogP contribution in [0.4, 0.5) is 0 Å². The van der Waals surface area contributed by atoms with Gasteiger partial charge in [0.1, 0.15) is 11.5 Å². The second kappa shape index (κ2) is 6.60. The van der Waals surface area contributed by atoms with E-state index in [4.69, 9.17) is 14.9 Å². The van der Waals surface area contributed by atoms with Gasteiger partial charge in [0.2, 0.25) is 0 Å². The zero-order valence-corrected chi connectivity index (χ0v) is 10.4. The van der Waals surface area contributed by atoms with E-state index in [0.29, 0.717) is 18.9 Å². The quantitative estimate of drug-likeness (QED) is 0.773. The van der Waals surface area contributed by atoms with Gasteiger partial charge in [0.15, 0.2) is 0 Å². The normalized spacial score (nSPS) is 12.4. The topological polar surface area (TPSA) is 65.5 Å². The summed E-state index contributed by atoms with van der Waals surface area (Å²) in [6, 6.07) is 3.79. The Morgan fingerprint density at radius 1 is 1.62 bits per heavy atom. The van der Waals surface area contributed by atoms with Gasteiger partial charge < -0.3 is 14.9 Å². The molecule has 0 aliphatic rings. The number of aryl methyl sites for hydroxylation is 1. The summed E-state index contributed by atoms with van der Waals surface area (Å²) < 4.78 is 10.3. The van der Waals surface area contributed by atoms with Gasteiger partial charge in [-0.15, -0.1) is 11.8 Å². The van der Waals surface area contributed by atoms with Crippen LogP contribution < -0.4 is 5.73 Å². The third-order valence-corrected chi connectivity index (χ3v) is 3.23. The van der Waals surface area contributed by atoms with E-state index in [1.54, 1.807) is 6.92 Å². The van der Waals surface area contributed by atoms with Crippen molar-refractivity contribution >= 4 is 17.7 Å². The van der Waals surface area contributed by atoms with Crippen LogP contribution in [0.1, 0.15) is 23.7 Å². The molecule has 1 heterocycles. The standard InChI is InChI=1S/C11H17NO3S/c1-3-14-11(13)7-16-10(6-12)9-5-4-8(2)15-9/h4-5,10H,3,6-7,12H2,1-2H3. The van der Waals surface area contributed by atoms with Crippen LogP contribution in [0.2, 0.25) is 0 Å². The fourth-order valence-corrected chi connectivity index (χ4v) is 2.11. The summed E-state index contributed by atoms with van der Waals surface area (Å²) >= 11 is 1.44. The summed E-state index contributed by atoms with van der Waals surface area (Å²) in [6.07, 6.45) is 0. The van der Waals surface area contributed by atoms with Crippen LogP contribution in [0, 0.1) is 6.92 Å². The zero-order valence-electron chi connectivity index (χ0n) is 9.56. The molecular weight excluding hydrogens is 226 g/mol. The number of ether oxygens (including phenoxy) is 1. The largest absolute Gasteiger partial charge is 0.465 e. The molecule has 0 radical (unpaired) electrons. The van der Waals surface area contributed by atoms with E-state index in [0.717, 1.165) is 11.5 Å². The molecule has 1 atom stereocenters. The molecule has 0 saturated heterocycles. The molecule has 1 rings (SSSR count). The molecule has 0 aromatic carbocycles. The Bertz CT molecular complexity index is 338. The molecule has 1 aromatic heterocycles. The Labute approximate surface area is 99.5 Å². The summed E-state index contributed by atoms with van der Waals surface area (Å²) in [5.74, 6) is 1.75. The highest BCUT2D eigenvalue weighted by atomic mass is 32.2. The van der Waals surface area contributed by atoms with E-state index in [1.165, 1.54) is 11.8 Å². The van der Waals surface area contributed by atoms with Crippen molar-refractivity contribution in [1.82, 2.24) is 0 Å². The van der Waals surface area contributed by atoms with Crippen molar-refractivity contribution in [3.63, 3.8) is 0 Å². The van der Waals surface area contributed by atoms with E-state index >= 15 is 0 Å². The Morgan fingerprint density at radius 2 is 2.38 bits per heavy atom. The van der Waals surface area contributed by atoms with Gasteiger partial charge in [0.25, 0.3) is 0 Å². The fourth-order valence-electron chi connectivity index (χ4n) is 1.26. The summed E-state index contributed by atoms with van der Waals surface area (Å²) in [5, 5.41) is 0.0121. The molecule has 0 aliphatic carbocycles. The minimum atomic E-state index is -0.214. The van der Waals surface area contributed by atoms with Crippen molar-refractivity contribution in [2.45, 2.75) is 19.1 Å². The first-order valence-corrected chi connectivity index (χ1v) is 6.25. The van der Waals surface area contributed by atoms with Crippen LogP contribution in [-0.4, -0.2) is 24.9 Å². The maximum atomic E-state index is 11.2. The number of thioether (sulfide) groups is 1. The van der Waals surface area contributed by atoms with Gasteiger partial charge in [0.05, 0.1) is 17.6 Å². The Morgan fingerprint density at radius 3 is 2.88 bits per heavy atom. The van der Waals surface area contributed by atoms with Gasteiger partial charge in [-0.1, -0.05) is 0 Å². The summed E-state index contributed by atoms with van der Waals surface area (Å²) in [4.78, 5) is 11.2. The average molecular weight is 243 g/mol. The van der Waals surface area contributed by atoms with E-state index in [-0.39, 0.29) is 11.2 Å². The maximum absolute atomic E-state index is 11.2. The second-order valence-electron chi connectivity index (χ2n) is 3.29. The number of carbonyl (C=O) groups excluding carboxylic acids is 1. The number of nitrogens with two attached hydrogens (primary N) is 1. The van der Waals surface area contributed by atoms with E-state index in [1.807, 2.05) is 19.1 Å². The maximum Gasteiger partial charge on any atom is 0.315 e. The number of hydrogen-bond acceptors (Lipinski definition) is 5. The van der Waals surface area contributed by atoms with Crippen molar-refractivity contribution in [2.24, 2.45) is 5.73 Å². The van der Waals surface area contributed by atoms with Gasteiger partial charge in [-0.2, -0.15) is 0 Å². The SMILES string of the molecule is CCOC(=O)CSC(CN)c1ccc(C)o1. The van der Waals surface area contributed by atoms with Crippen molar-refractivity contribution in [3.05, 3.63) is 23.7 Å². The van der Waals surface area contributed by atoms with Crippen LogP contribution in [0.5, 0.6) is 0 Å². The Hall–Kier alpha value is -0.940. The van der Waals surface area contributed by atoms with Crippen molar-refractivity contribution < 1.29 is 13.9 Å². The highest BCUT2D eigenvalue weighted by Gasteiger charge is 2.16. The first-order valence-electron chi connectivity index (χ1n) is 5.21. The summed E-state index contributed by atoms with van der Waals surface area (Å²) in [6.45, 7) is 4.52. The number of hydrogen-bond donors (Lipinski definition) is 1. The number of furan rings is 1. The molecule has 0 spiro atoms. The molecule has 5 heteroatoms. The summed E-state index contributed by atoms with van der Waals surface area (Å²) in [7, 11) is 0. The van der Waals surface area contributed by atoms with E-state index in [2.05, 4.69) is 0 Å². The highest BCUT2D eigenvalue weighted by Crippen LogP contribution is 2.28. The number of carbonyl (C=O) groups is 1. The van der Waals surface area contributed by atoms with E-state index < -0.39 is 0 Å². The lowest BCUT2D eigenvalue weighted by atomic mass is 10.3. The molecule has 0 amide bonds. The number of rotatable bonds is 6. The second-order valence-corrected chi connectivity index (χ2v) is 4.48. The van der Waals surface area contributed by atoms with Crippen LogP contribution in [-0.2, 0) is 9.53 Å². The fraction of sp³-hybridized carbons (Fsp3) is 0.545. The molecule has 0 saturated carbocycles. The van der Waals surface area contributed by atoms with Crippen LogP contribution in [0.25, 0.3) is 0 Å². The van der Waals surface area contributed by atoms with Gasteiger partial charge in [-0.25, -0.2) is 0 Å². The third-order valence-electron chi connectivity index (χ3n) is 2.00. The first kappa shape index (κ1) is 13.1. The van der Waals surface area contributed by atoms with Crippen molar-refractivity contribution in [2.75, 3.05) is 18.9 Å².